The molecule has 0 bridgehead atoms. The van der Waals surface area contributed by atoms with E-state index in [-0.39, 0.29) is 6.23 Å². The van der Waals surface area contributed by atoms with Crippen molar-refractivity contribution in [3.63, 3.8) is 0 Å². The normalized spacial score (nSPS) is 30.9. The SMILES string of the molecule is CCOC(C)[N+]1(OC)CCN(OC)C1. The predicted octanol–water partition coefficient (Wildman–Crippen LogP) is 0.582. The molecule has 1 heterocycles. The molecule has 1 saturated heterocycles. The fourth-order valence-electron chi connectivity index (χ4n) is 1.81. The van der Waals surface area contributed by atoms with Crippen LogP contribution in [-0.2, 0) is 14.4 Å². The van der Waals surface area contributed by atoms with Gasteiger partial charge in [-0.15, -0.1) is 9.71 Å². The summed E-state index contributed by atoms with van der Waals surface area (Å²) in [6, 6.07) is 0. The van der Waals surface area contributed by atoms with Gasteiger partial charge in [0.2, 0.25) is 6.23 Å². The number of nitrogens with zero attached hydrogens (tertiary/aromatic N) is 2. The maximum atomic E-state index is 5.58. The van der Waals surface area contributed by atoms with Gasteiger partial charge in [-0.05, 0) is 6.92 Å². The lowest BCUT2D eigenvalue weighted by Crippen LogP contribution is -2.53. The summed E-state index contributed by atoms with van der Waals surface area (Å²) in [6.45, 7) is 7.22. The maximum absolute atomic E-state index is 5.58. The largest absolute Gasteiger partial charge is 0.327 e. The molecular weight excluding hydrogens is 184 g/mol. The van der Waals surface area contributed by atoms with Crippen LogP contribution in [0.15, 0.2) is 0 Å². The summed E-state index contributed by atoms with van der Waals surface area (Å²) >= 11 is 0. The van der Waals surface area contributed by atoms with Crippen LogP contribution in [0.3, 0.4) is 0 Å². The second-order valence-corrected chi connectivity index (χ2v) is 3.44. The highest BCUT2D eigenvalue weighted by Crippen LogP contribution is 2.22. The second-order valence-electron chi connectivity index (χ2n) is 3.44. The monoisotopic (exact) mass is 205 g/mol. The van der Waals surface area contributed by atoms with Gasteiger partial charge in [0.05, 0.1) is 27.4 Å². The van der Waals surface area contributed by atoms with Crippen LogP contribution in [-0.4, -0.2) is 56.5 Å². The van der Waals surface area contributed by atoms with Crippen LogP contribution in [0, 0.1) is 0 Å². The van der Waals surface area contributed by atoms with Crippen molar-refractivity contribution < 1.29 is 19.1 Å². The third-order valence-electron chi connectivity index (χ3n) is 2.82. The standard InChI is InChI=1S/C9H21N2O3/c1-5-14-9(2)11(13-4)7-6-10(8-11)12-3/h9H,5-8H2,1-4H3/q+1. The van der Waals surface area contributed by atoms with Crippen molar-refractivity contribution in [2.75, 3.05) is 40.6 Å². The van der Waals surface area contributed by atoms with Crippen molar-refractivity contribution in [2.24, 2.45) is 0 Å². The molecule has 0 radical (unpaired) electrons. The number of ether oxygens (including phenoxy) is 1. The molecule has 0 saturated carbocycles. The maximum Gasteiger partial charge on any atom is 0.221 e. The van der Waals surface area contributed by atoms with Gasteiger partial charge in [-0.2, -0.15) is 0 Å². The van der Waals surface area contributed by atoms with E-state index in [2.05, 4.69) is 0 Å². The van der Waals surface area contributed by atoms with Crippen molar-refractivity contribution in [1.82, 2.24) is 5.06 Å². The summed E-state index contributed by atoms with van der Waals surface area (Å²) in [4.78, 5) is 10.7. The van der Waals surface area contributed by atoms with E-state index in [4.69, 9.17) is 14.4 Å². The first-order chi connectivity index (χ1) is 6.68. The molecule has 0 aromatic carbocycles. The second kappa shape index (κ2) is 5.04. The van der Waals surface area contributed by atoms with Gasteiger partial charge in [-0.1, -0.05) is 0 Å². The average Bonchev–Trinajstić information content (AvgIpc) is 2.63. The number of hydroxylamine groups is 5. The summed E-state index contributed by atoms with van der Waals surface area (Å²) in [5.74, 6) is 0. The van der Waals surface area contributed by atoms with Crippen molar-refractivity contribution in [2.45, 2.75) is 20.1 Å². The molecule has 1 aliphatic rings. The van der Waals surface area contributed by atoms with E-state index in [9.17, 15) is 0 Å². The molecule has 0 aromatic rings. The van der Waals surface area contributed by atoms with Crippen LogP contribution in [0.2, 0.25) is 0 Å². The van der Waals surface area contributed by atoms with Gasteiger partial charge in [0.1, 0.15) is 6.54 Å². The van der Waals surface area contributed by atoms with Crippen molar-refractivity contribution in [3.8, 4) is 0 Å². The van der Waals surface area contributed by atoms with Gasteiger partial charge in [-0.25, -0.2) is 4.84 Å². The molecule has 14 heavy (non-hydrogen) atoms. The molecule has 1 aliphatic heterocycles. The van der Waals surface area contributed by atoms with Crippen molar-refractivity contribution in [1.29, 1.82) is 0 Å². The van der Waals surface area contributed by atoms with Gasteiger partial charge < -0.3 is 4.74 Å². The summed E-state index contributed by atoms with van der Waals surface area (Å²) in [5.41, 5.74) is 0. The van der Waals surface area contributed by atoms with Gasteiger partial charge in [0, 0.05) is 6.92 Å². The average molecular weight is 205 g/mol. The molecule has 0 aliphatic carbocycles. The highest BCUT2D eigenvalue weighted by atomic mass is 16.8. The summed E-state index contributed by atoms with van der Waals surface area (Å²) in [7, 11) is 3.40. The van der Waals surface area contributed by atoms with Crippen LogP contribution < -0.4 is 0 Å². The summed E-state index contributed by atoms with van der Waals surface area (Å²) < 4.78 is 6.07. The smallest absolute Gasteiger partial charge is 0.221 e. The van der Waals surface area contributed by atoms with E-state index in [1.165, 1.54) is 0 Å². The van der Waals surface area contributed by atoms with Crippen LogP contribution >= 0.6 is 0 Å². The molecule has 84 valence electrons. The van der Waals surface area contributed by atoms with Gasteiger partial charge in [-0.3, -0.25) is 4.84 Å². The minimum absolute atomic E-state index is 0.0464. The first-order valence-corrected chi connectivity index (χ1v) is 5.01. The highest BCUT2D eigenvalue weighted by Gasteiger charge is 2.44. The number of hydrogen-bond acceptors (Lipinski definition) is 4. The van der Waals surface area contributed by atoms with Gasteiger partial charge in [0.15, 0.2) is 6.67 Å². The lowest BCUT2D eigenvalue weighted by atomic mass is 10.5. The molecule has 2 unspecified atom stereocenters. The zero-order chi connectivity index (χ0) is 10.6. The Morgan fingerprint density at radius 2 is 2.14 bits per heavy atom. The van der Waals surface area contributed by atoms with E-state index in [0.717, 1.165) is 13.1 Å². The van der Waals surface area contributed by atoms with Gasteiger partial charge >= 0.3 is 0 Å². The number of quaternary nitrogens is 1. The molecule has 2 atom stereocenters. The lowest BCUT2D eigenvalue weighted by molar-refractivity contribution is -1.13. The van der Waals surface area contributed by atoms with E-state index >= 15 is 0 Å². The number of hydrogen-bond donors (Lipinski definition) is 0. The van der Waals surface area contributed by atoms with Gasteiger partial charge in [0.25, 0.3) is 0 Å². The Hall–Kier alpha value is -0.200. The van der Waals surface area contributed by atoms with E-state index in [1.54, 1.807) is 14.2 Å². The molecule has 0 N–H and O–H groups in total. The predicted molar refractivity (Wildman–Crippen MR) is 51.8 cm³/mol. The fraction of sp³-hybridized carbons (Fsp3) is 1.00. The molecule has 0 aromatic heterocycles. The van der Waals surface area contributed by atoms with E-state index in [1.807, 2.05) is 18.9 Å². The molecule has 1 rings (SSSR count). The Kier molecular flexibility index (Phi) is 4.28. The quantitative estimate of drug-likeness (QED) is 0.614. The molecule has 5 nitrogen and oxygen atoms in total. The Balaban J connectivity index is 2.59. The zero-order valence-corrected chi connectivity index (χ0v) is 9.52. The first kappa shape index (κ1) is 11.9. The van der Waals surface area contributed by atoms with Crippen molar-refractivity contribution >= 4 is 0 Å². The molecular formula is C9H21N2O3+. The topological polar surface area (TPSA) is 30.9 Å². The van der Waals surface area contributed by atoms with E-state index in [0.29, 0.717) is 17.9 Å². The van der Waals surface area contributed by atoms with Crippen LogP contribution in [0.25, 0.3) is 0 Å². The highest BCUT2D eigenvalue weighted by molar-refractivity contribution is 4.50. The van der Waals surface area contributed by atoms with Crippen LogP contribution in [0.5, 0.6) is 0 Å². The number of rotatable bonds is 5. The zero-order valence-electron chi connectivity index (χ0n) is 9.52. The minimum atomic E-state index is 0.0464. The van der Waals surface area contributed by atoms with E-state index < -0.39 is 0 Å². The lowest BCUT2D eigenvalue weighted by Gasteiger charge is -2.34. The third kappa shape index (κ3) is 2.24. The summed E-state index contributed by atoms with van der Waals surface area (Å²) in [5, 5.41) is 1.89. The first-order valence-electron chi connectivity index (χ1n) is 5.01. The molecule has 0 spiro atoms. The van der Waals surface area contributed by atoms with Crippen molar-refractivity contribution in [3.05, 3.63) is 0 Å². The Labute approximate surface area is 85.6 Å². The summed E-state index contributed by atoms with van der Waals surface area (Å²) in [6.07, 6.45) is 0.0464. The molecule has 0 amide bonds. The van der Waals surface area contributed by atoms with Crippen LogP contribution in [0.1, 0.15) is 13.8 Å². The molecule has 5 heteroatoms. The third-order valence-corrected chi connectivity index (χ3v) is 2.82. The molecule has 1 fully saturated rings. The Bertz CT molecular complexity index is 179. The minimum Gasteiger partial charge on any atom is -0.327 e. The van der Waals surface area contributed by atoms with Crippen LogP contribution in [0.4, 0.5) is 0 Å². The Morgan fingerprint density at radius 3 is 2.57 bits per heavy atom. The Morgan fingerprint density at radius 1 is 1.43 bits per heavy atom. The fourth-order valence-corrected chi connectivity index (χ4v) is 1.81.